The molecule has 0 spiro atoms. The number of hydrogen-bond donors (Lipinski definition) is 2. The van der Waals surface area contributed by atoms with Gasteiger partial charge in [0.15, 0.2) is 0 Å². The number of amides is 1. The van der Waals surface area contributed by atoms with Crippen LogP contribution in [0.25, 0.3) is 0 Å². The Morgan fingerprint density at radius 1 is 1.32 bits per heavy atom. The summed E-state index contributed by atoms with van der Waals surface area (Å²) in [6, 6.07) is 11.2. The van der Waals surface area contributed by atoms with Gasteiger partial charge >= 0.3 is 0 Å². The molecule has 3 N–H and O–H groups in total. The summed E-state index contributed by atoms with van der Waals surface area (Å²) >= 11 is 0. The molecule has 0 unspecified atom stereocenters. The van der Waals surface area contributed by atoms with Crippen molar-refractivity contribution in [3.63, 3.8) is 0 Å². The minimum Gasteiger partial charge on any atom is -0.364 e. The fourth-order valence-corrected chi connectivity index (χ4v) is 1.74. The molecule has 1 aromatic heterocycles. The van der Waals surface area contributed by atoms with E-state index in [1.807, 2.05) is 30.3 Å². The van der Waals surface area contributed by atoms with E-state index in [1.54, 1.807) is 6.07 Å². The lowest BCUT2D eigenvalue weighted by molar-refractivity contribution is -0.122. The molecule has 0 bridgehead atoms. The van der Waals surface area contributed by atoms with Crippen LogP contribution in [0.3, 0.4) is 0 Å². The summed E-state index contributed by atoms with van der Waals surface area (Å²) in [5.74, 6) is -0.168. The van der Waals surface area contributed by atoms with Gasteiger partial charge in [-0.05, 0) is 18.4 Å². The number of benzene rings is 1. The van der Waals surface area contributed by atoms with Crippen molar-refractivity contribution >= 4 is 5.91 Å². The number of nitrogens with zero attached hydrogens (tertiary/aromatic N) is 1. The van der Waals surface area contributed by atoms with E-state index in [2.05, 4.69) is 15.0 Å². The zero-order valence-corrected chi connectivity index (χ0v) is 10.6. The van der Waals surface area contributed by atoms with Gasteiger partial charge in [-0.3, -0.25) is 4.79 Å². The molecule has 1 aromatic carbocycles. The first-order valence-corrected chi connectivity index (χ1v) is 6.22. The molecule has 2 rings (SSSR count). The maximum absolute atomic E-state index is 11.8. The fourth-order valence-electron chi connectivity index (χ4n) is 1.74. The molecule has 5 heteroatoms. The third kappa shape index (κ3) is 4.22. The minimum absolute atomic E-state index is 0.168. The summed E-state index contributed by atoms with van der Waals surface area (Å²) in [7, 11) is 0. The fraction of sp³-hybridized carbons (Fsp3) is 0.286. The number of aromatic nitrogens is 1. The number of nitrogens with one attached hydrogen (secondary N) is 1. The van der Waals surface area contributed by atoms with Crippen LogP contribution in [0.2, 0.25) is 0 Å². The minimum atomic E-state index is -0.507. The molecule has 1 heterocycles. The Hall–Kier alpha value is -2.14. The third-order valence-electron chi connectivity index (χ3n) is 2.86. The lowest BCUT2D eigenvalue weighted by Crippen LogP contribution is -2.40. The highest BCUT2D eigenvalue weighted by Crippen LogP contribution is 2.04. The molecule has 0 aliphatic carbocycles. The van der Waals surface area contributed by atoms with Crippen LogP contribution in [0, 0.1) is 0 Å². The van der Waals surface area contributed by atoms with E-state index >= 15 is 0 Å². The number of carbonyl (C=O) groups is 1. The van der Waals surface area contributed by atoms with Crippen molar-refractivity contribution in [2.75, 3.05) is 0 Å². The van der Waals surface area contributed by atoms with E-state index in [9.17, 15) is 4.79 Å². The average Bonchev–Trinajstić information content (AvgIpc) is 2.96. The Balaban J connectivity index is 1.73. The van der Waals surface area contributed by atoms with Crippen LogP contribution < -0.4 is 11.1 Å². The quantitative estimate of drug-likeness (QED) is 0.818. The number of rotatable bonds is 6. The van der Waals surface area contributed by atoms with Crippen LogP contribution in [0.15, 0.2) is 47.2 Å². The lowest BCUT2D eigenvalue weighted by atomic mass is 10.1. The van der Waals surface area contributed by atoms with Gasteiger partial charge in [0, 0.05) is 6.07 Å². The van der Waals surface area contributed by atoms with Crippen molar-refractivity contribution in [3.05, 3.63) is 53.9 Å². The molecule has 100 valence electrons. The summed E-state index contributed by atoms with van der Waals surface area (Å²) in [4.78, 5) is 11.8. The van der Waals surface area contributed by atoms with Crippen LogP contribution in [-0.4, -0.2) is 17.1 Å². The molecule has 0 saturated carbocycles. The molecule has 0 aliphatic rings. The molecule has 0 radical (unpaired) electrons. The van der Waals surface area contributed by atoms with Crippen molar-refractivity contribution in [2.45, 2.75) is 25.4 Å². The first kappa shape index (κ1) is 13.3. The number of hydrogen-bond acceptors (Lipinski definition) is 4. The van der Waals surface area contributed by atoms with E-state index in [4.69, 9.17) is 5.73 Å². The van der Waals surface area contributed by atoms with Gasteiger partial charge in [0.05, 0.1) is 12.6 Å². The van der Waals surface area contributed by atoms with Crippen LogP contribution in [0.1, 0.15) is 17.7 Å². The van der Waals surface area contributed by atoms with Crippen LogP contribution in [0.5, 0.6) is 0 Å². The molecule has 0 saturated heterocycles. The van der Waals surface area contributed by atoms with Gasteiger partial charge in [-0.15, -0.1) is 0 Å². The van der Waals surface area contributed by atoms with Gasteiger partial charge in [0.2, 0.25) is 5.91 Å². The Bertz CT molecular complexity index is 497. The molecular weight excluding hydrogens is 242 g/mol. The molecule has 1 atom stereocenters. The number of nitrogens with two attached hydrogens (primary N) is 1. The molecule has 0 aliphatic heterocycles. The summed E-state index contributed by atoms with van der Waals surface area (Å²) < 4.78 is 4.68. The summed E-state index contributed by atoms with van der Waals surface area (Å²) in [6.45, 7) is 0.342. The highest BCUT2D eigenvalue weighted by atomic mass is 16.5. The van der Waals surface area contributed by atoms with Crippen molar-refractivity contribution < 1.29 is 9.32 Å². The average molecular weight is 259 g/mol. The predicted octanol–water partition coefficient (Wildman–Crippen LogP) is 1.25. The van der Waals surface area contributed by atoms with Crippen molar-refractivity contribution in [3.8, 4) is 0 Å². The molecule has 1 amide bonds. The van der Waals surface area contributed by atoms with Crippen LogP contribution in [0.4, 0.5) is 0 Å². The summed E-state index contributed by atoms with van der Waals surface area (Å²) in [5, 5.41) is 6.45. The van der Waals surface area contributed by atoms with Crippen molar-refractivity contribution in [2.24, 2.45) is 5.73 Å². The van der Waals surface area contributed by atoms with Crippen molar-refractivity contribution in [1.29, 1.82) is 0 Å². The first-order chi connectivity index (χ1) is 9.25. The van der Waals surface area contributed by atoms with Gasteiger partial charge in [-0.25, -0.2) is 0 Å². The SMILES string of the molecule is N[C@@H](CCc1ccccc1)C(=O)NCc1ccon1. The van der Waals surface area contributed by atoms with Crippen LogP contribution in [-0.2, 0) is 17.8 Å². The summed E-state index contributed by atoms with van der Waals surface area (Å²) in [5.41, 5.74) is 7.72. The van der Waals surface area contributed by atoms with Gasteiger partial charge < -0.3 is 15.6 Å². The largest absolute Gasteiger partial charge is 0.364 e. The molecule has 19 heavy (non-hydrogen) atoms. The zero-order valence-electron chi connectivity index (χ0n) is 10.6. The van der Waals surface area contributed by atoms with E-state index in [0.29, 0.717) is 18.7 Å². The Morgan fingerprint density at radius 3 is 2.79 bits per heavy atom. The maximum atomic E-state index is 11.8. The van der Waals surface area contributed by atoms with E-state index in [1.165, 1.54) is 11.8 Å². The Kier molecular flexibility index (Phi) is 4.69. The monoisotopic (exact) mass is 259 g/mol. The topological polar surface area (TPSA) is 81.2 Å². The standard InChI is InChI=1S/C14H17N3O2/c15-13(7-6-11-4-2-1-3-5-11)14(18)16-10-12-8-9-19-17-12/h1-5,8-9,13H,6-7,10,15H2,(H,16,18)/t13-/m0/s1. The number of aryl methyl sites for hydroxylation is 1. The van der Waals surface area contributed by atoms with Gasteiger partial charge in [0.25, 0.3) is 0 Å². The second kappa shape index (κ2) is 6.70. The van der Waals surface area contributed by atoms with Gasteiger partial charge in [0.1, 0.15) is 12.0 Å². The Morgan fingerprint density at radius 2 is 2.11 bits per heavy atom. The molecule has 2 aromatic rings. The first-order valence-electron chi connectivity index (χ1n) is 6.22. The normalized spacial score (nSPS) is 12.1. The molecule has 0 fully saturated rings. The maximum Gasteiger partial charge on any atom is 0.237 e. The lowest BCUT2D eigenvalue weighted by Gasteiger charge is -2.11. The third-order valence-corrected chi connectivity index (χ3v) is 2.86. The predicted molar refractivity (Wildman–Crippen MR) is 71.1 cm³/mol. The highest BCUT2D eigenvalue weighted by Gasteiger charge is 2.13. The second-order valence-electron chi connectivity index (χ2n) is 4.34. The highest BCUT2D eigenvalue weighted by molar-refractivity contribution is 5.81. The Labute approximate surface area is 111 Å². The second-order valence-corrected chi connectivity index (χ2v) is 4.34. The zero-order chi connectivity index (χ0) is 13.5. The van der Waals surface area contributed by atoms with Gasteiger partial charge in [-0.1, -0.05) is 35.5 Å². The van der Waals surface area contributed by atoms with Crippen molar-refractivity contribution in [1.82, 2.24) is 10.5 Å². The molecule has 5 nitrogen and oxygen atoms in total. The number of carbonyl (C=O) groups excluding carboxylic acids is 1. The van der Waals surface area contributed by atoms with Crippen LogP contribution >= 0.6 is 0 Å². The molecular formula is C14H17N3O2. The smallest absolute Gasteiger partial charge is 0.237 e. The van der Waals surface area contributed by atoms with Gasteiger partial charge in [-0.2, -0.15) is 0 Å². The van der Waals surface area contributed by atoms with E-state index in [0.717, 1.165) is 6.42 Å². The van der Waals surface area contributed by atoms with E-state index < -0.39 is 6.04 Å². The van der Waals surface area contributed by atoms with E-state index in [-0.39, 0.29) is 5.91 Å². The summed E-state index contributed by atoms with van der Waals surface area (Å²) in [6.07, 6.45) is 2.88.